The summed E-state index contributed by atoms with van der Waals surface area (Å²) in [6.45, 7) is 7.58. The molecule has 4 heteroatoms. The lowest BCUT2D eigenvalue weighted by atomic mass is 10.4. The maximum absolute atomic E-state index is 5.53. The van der Waals surface area contributed by atoms with E-state index in [1.807, 2.05) is 32.1 Å². The molecule has 0 bridgehead atoms. The topological polar surface area (TPSA) is 47.0 Å². The Kier molecular flexibility index (Phi) is 6.07. The number of nitrogens with zero attached hydrogens (tertiary/aromatic N) is 2. The molecule has 0 radical (unpaired) electrons. The lowest BCUT2D eigenvalue weighted by molar-refractivity contribution is 0.346. The number of hydrogen-bond donors (Lipinski definition) is 1. The van der Waals surface area contributed by atoms with Gasteiger partial charge in [-0.05, 0) is 13.3 Å². The fourth-order valence-corrected chi connectivity index (χ4v) is 1.28. The van der Waals surface area contributed by atoms with Crippen LogP contribution in [-0.2, 0) is 6.42 Å². The molecule has 1 heterocycles. The van der Waals surface area contributed by atoms with Crippen LogP contribution in [0.1, 0.15) is 33.0 Å². The van der Waals surface area contributed by atoms with Crippen molar-refractivity contribution < 1.29 is 4.74 Å². The van der Waals surface area contributed by atoms with Crippen molar-refractivity contribution in [2.45, 2.75) is 33.6 Å². The fraction of sp³-hybridized carbons (Fsp3) is 0.538. The van der Waals surface area contributed by atoms with Gasteiger partial charge < -0.3 is 10.1 Å². The SMILES string of the molecule is C/C=C/COc1cc(NCCC)nc(CC)n1. The first-order valence-corrected chi connectivity index (χ1v) is 6.15. The summed E-state index contributed by atoms with van der Waals surface area (Å²) >= 11 is 0. The molecule has 94 valence electrons. The molecule has 4 nitrogen and oxygen atoms in total. The Morgan fingerprint density at radius 1 is 1.35 bits per heavy atom. The zero-order valence-corrected chi connectivity index (χ0v) is 10.9. The molecular formula is C13H21N3O. The molecule has 0 aliphatic heterocycles. The standard InChI is InChI=1S/C13H21N3O/c1-4-7-9-17-13-10-12(14-8-5-2)15-11(6-3)16-13/h4,7,10H,5-6,8-9H2,1-3H3,(H,14,15,16)/b7-4+. The number of anilines is 1. The van der Waals surface area contributed by atoms with E-state index in [2.05, 4.69) is 22.2 Å². The third-order valence-electron chi connectivity index (χ3n) is 2.18. The smallest absolute Gasteiger partial charge is 0.219 e. The highest BCUT2D eigenvalue weighted by Gasteiger charge is 2.03. The summed E-state index contributed by atoms with van der Waals surface area (Å²) in [5, 5.41) is 3.25. The third kappa shape index (κ3) is 4.85. The van der Waals surface area contributed by atoms with E-state index in [4.69, 9.17) is 4.74 Å². The normalized spacial score (nSPS) is 10.8. The van der Waals surface area contributed by atoms with E-state index in [0.29, 0.717) is 12.5 Å². The number of hydrogen-bond acceptors (Lipinski definition) is 4. The second-order valence-corrected chi connectivity index (χ2v) is 3.67. The van der Waals surface area contributed by atoms with Gasteiger partial charge in [0.2, 0.25) is 5.88 Å². The van der Waals surface area contributed by atoms with Crippen LogP contribution in [0.25, 0.3) is 0 Å². The number of nitrogens with one attached hydrogen (secondary N) is 1. The molecule has 0 aromatic carbocycles. The number of aromatic nitrogens is 2. The Bertz CT molecular complexity index is 364. The van der Waals surface area contributed by atoms with E-state index in [1.54, 1.807) is 0 Å². The zero-order chi connectivity index (χ0) is 12.5. The molecule has 1 rings (SSSR count). The van der Waals surface area contributed by atoms with Gasteiger partial charge in [-0.25, -0.2) is 4.98 Å². The maximum Gasteiger partial charge on any atom is 0.219 e. The highest BCUT2D eigenvalue weighted by Crippen LogP contribution is 2.14. The summed E-state index contributed by atoms with van der Waals surface area (Å²) in [4.78, 5) is 8.72. The summed E-state index contributed by atoms with van der Waals surface area (Å²) in [6, 6.07) is 1.85. The summed E-state index contributed by atoms with van der Waals surface area (Å²) < 4.78 is 5.53. The van der Waals surface area contributed by atoms with E-state index >= 15 is 0 Å². The van der Waals surface area contributed by atoms with Crippen molar-refractivity contribution >= 4 is 5.82 Å². The maximum atomic E-state index is 5.53. The van der Waals surface area contributed by atoms with E-state index in [-0.39, 0.29) is 0 Å². The average Bonchev–Trinajstić information content (AvgIpc) is 2.36. The Morgan fingerprint density at radius 3 is 2.82 bits per heavy atom. The first-order valence-electron chi connectivity index (χ1n) is 6.15. The first kappa shape index (κ1) is 13.5. The zero-order valence-electron chi connectivity index (χ0n) is 10.9. The molecule has 1 aromatic heterocycles. The van der Waals surface area contributed by atoms with Crippen LogP contribution in [0.2, 0.25) is 0 Å². The number of aryl methyl sites for hydroxylation is 1. The second-order valence-electron chi connectivity index (χ2n) is 3.67. The van der Waals surface area contributed by atoms with E-state index in [9.17, 15) is 0 Å². The number of ether oxygens (including phenoxy) is 1. The van der Waals surface area contributed by atoms with Gasteiger partial charge in [0.05, 0.1) is 0 Å². The van der Waals surface area contributed by atoms with Crippen molar-refractivity contribution in [3.63, 3.8) is 0 Å². The van der Waals surface area contributed by atoms with Crippen molar-refractivity contribution in [1.29, 1.82) is 0 Å². The lowest BCUT2D eigenvalue weighted by Crippen LogP contribution is -2.06. The van der Waals surface area contributed by atoms with Crippen LogP contribution >= 0.6 is 0 Å². The van der Waals surface area contributed by atoms with Crippen LogP contribution < -0.4 is 10.1 Å². The van der Waals surface area contributed by atoms with Gasteiger partial charge in [-0.1, -0.05) is 26.0 Å². The Morgan fingerprint density at radius 2 is 2.18 bits per heavy atom. The molecule has 0 aliphatic carbocycles. The fourth-order valence-electron chi connectivity index (χ4n) is 1.28. The summed E-state index contributed by atoms with van der Waals surface area (Å²) in [6.07, 6.45) is 5.78. The Hall–Kier alpha value is -1.58. The Balaban J connectivity index is 2.73. The predicted molar refractivity (Wildman–Crippen MR) is 70.5 cm³/mol. The highest BCUT2D eigenvalue weighted by molar-refractivity contribution is 5.38. The number of rotatable bonds is 7. The third-order valence-corrected chi connectivity index (χ3v) is 2.18. The second kappa shape index (κ2) is 7.65. The van der Waals surface area contributed by atoms with Gasteiger partial charge in [-0.3, -0.25) is 0 Å². The molecule has 0 atom stereocenters. The van der Waals surface area contributed by atoms with Crippen molar-refractivity contribution in [3.05, 3.63) is 24.0 Å². The van der Waals surface area contributed by atoms with Crippen molar-refractivity contribution in [2.75, 3.05) is 18.5 Å². The minimum Gasteiger partial charge on any atom is -0.473 e. The summed E-state index contributed by atoms with van der Waals surface area (Å²) in [5.41, 5.74) is 0. The van der Waals surface area contributed by atoms with Crippen molar-refractivity contribution in [1.82, 2.24) is 9.97 Å². The molecule has 0 amide bonds. The van der Waals surface area contributed by atoms with Gasteiger partial charge >= 0.3 is 0 Å². The van der Waals surface area contributed by atoms with Crippen LogP contribution in [0, 0.1) is 0 Å². The van der Waals surface area contributed by atoms with E-state index < -0.39 is 0 Å². The summed E-state index contributed by atoms with van der Waals surface area (Å²) in [5.74, 6) is 2.28. The molecule has 0 unspecified atom stereocenters. The predicted octanol–water partition coefficient (Wildman–Crippen LogP) is 2.82. The summed E-state index contributed by atoms with van der Waals surface area (Å²) in [7, 11) is 0. The van der Waals surface area contributed by atoms with Crippen molar-refractivity contribution in [2.24, 2.45) is 0 Å². The van der Waals surface area contributed by atoms with Crippen molar-refractivity contribution in [3.8, 4) is 5.88 Å². The van der Waals surface area contributed by atoms with Gasteiger partial charge in [0.15, 0.2) is 0 Å². The van der Waals surface area contributed by atoms with Crippen LogP contribution in [0.5, 0.6) is 5.88 Å². The van der Waals surface area contributed by atoms with E-state index in [0.717, 1.165) is 31.0 Å². The minimum atomic E-state index is 0.546. The van der Waals surface area contributed by atoms with Crippen LogP contribution in [0.4, 0.5) is 5.82 Å². The van der Waals surface area contributed by atoms with E-state index in [1.165, 1.54) is 0 Å². The van der Waals surface area contributed by atoms with Gasteiger partial charge in [0.25, 0.3) is 0 Å². The quantitative estimate of drug-likeness (QED) is 0.738. The van der Waals surface area contributed by atoms with Gasteiger partial charge in [0, 0.05) is 19.0 Å². The van der Waals surface area contributed by atoms with Gasteiger partial charge in [-0.2, -0.15) is 4.98 Å². The van der Waals surface area contributed by atoms with Crippen LogP contribution in [-0.4, -0.2) is 23.1 Å². The van der Waals surface area contributed by atoms with Crippen LogP contribution in [0.3, 0.4) is 0 Å². The molecule has 17 heavy (non-hydrogen) atoms. The molecule has 1 N–H and O–H groups in total. The largest absolute Gasteiger partial charge is 0.473 e. The first-order chi connectivity index (χ1) is 8.30. The van der Waals surface area contributed by atoms with Gasteiger partial charge in [0.1, 0.15) is 18.2 Å². The van der Waals surface area contributed by atoms with Crippen LogP contribution in [0.15, 0.2) is 18.2 Å². The highest BCUT2D eigenvalue weighted by atomic mass is 16.5. The Labute approximate surface area is 103 Å². The monoisotopic (exact) mass is 235 g/mol. The molecular weight excluding hydrogens is 214 g/mol. The molecule has 0 saturated carbocycles. The van der Waals surface area contributed by atoms with Gasteiger partial charge in [-0.15, -0.1) is 0 Å². The average molecular weight is 235 g/mol. The molecule has 0 fully saturated rings. The molecule has 0 spiro atoms. The molecule has 0 saturated heterocycles. The molecule has 1 aromatic rings. The lowest BCUT2D eigenvalue weighted by Gasteiger charge is -2.08. The number of allylic oxidation sites excluding steroid dienone is 1. The minimum absolute atomic E-state index is 0.546. The molecule has 0 aliphatic rings.